The number of carbonyl (C=O) groups is 3. The number of carbonyl (C=O) groups excluding carboxylic acids is 3. The summed E-state index contributed by atoms with van der Waals surface area (Å²) in [5.41, 5.74) is 6.51. The van der Waals surface area contributed by atoms with Crippen molar-refractivity contribution < 1.29 is 18.8 Å². The molecule has 41 heavy (non-hydrogen) atoms. The molecule has 2 aromatic rings. The second-order valence-electron chi connectivity index (χ2n) is 10.9. The van der Waals surface area contributed by atoms with Gasteiger partial charge in [0.25, 0.3) is 5.91 Å². The lowest BCUT2D eigenvalue weighted by atomic mass is 9.79. The first kappa shape index (κ1) is 31.2. The maximum Gasteiger partial charge on any atom is 0.251 e. The zero-order valence-corrected chi connectivity index (χ0v) is 24.7. The van der Waals surface area contributed by atoms with Crippen LogP contribution < -0.4 is 16.4 Å². The van der Waals surface area contributed by atoms with Crippen LogP contribution in [0.3, 0.4) is 0 Å². The summed E-state index contributed by atoms with van der Waals surface area (Å²) in [5, 5.41) is 6.87. The van der Waals surface area contributed by atoms with E-state index in [4.69, 9.17) is 28.9 Å². The molecule has 8 nitrogen and oxygen atoms in total. The van der Waals surface area contributed by atoms with E-state index in [0.717, 1.165) is 37.7 Å². The van der Waals surface area contributed by atoms with Crippen molar-refractivity contribution in [3.05, 3.63) is 69.5 Å². The molecule has 2 aromatic carbocycles. The summed E-state index contributed by atoms with van der Waals surface area (Å²) in [5.74, 6) is -1.05. The third kappa shape index (κ3) is 8.19. The van der Waals surface area contributed by atoms with Crippen molar-refractivity contribution in [1.29, 1.82) is 0 Å². The average molecular weight is 607 g/mol. The zero-order valence-electron chi connectivity index (χ0n) is 23.1. The lowest BCUT2D eigenvalue weighted by Crippen LogP contribution is -2.63. The normalized spacial score (nSPS) is 18.0. The van der Waals surface area contributed by atoms with Crippen LogP contribution in [0.4, 0.5) is 4.39 Å². The van der Waals surface area contributed by atoms with E-state index in [2.05, 4.69) is 15.5 Å². The van der Waals surface area contributed by atoms with Gasteiger partial charge in [0.15, 0.2) is 0 Å². The molecule has 4 N–H and O–H groups in total. The van der Waals surface area contributed by atoms with Crippen LogP contribution in [0.5, 0.6) is 0 Å². The third-order valence-electron chi connectivity index (χ3n) is 8.17. The molecule has 222 valence electrons. The number of halogens is 3. The number of rotatable bonds is 10. The Hall–Kier alpha value is -2.72. The van der Waals surface area contributed by atoms with Gasteiger partial charge in [-0.25, -0.2) is 4.39 Å². The zero-order chi connectivity index (χ0) is 29.4. The van der Waals surface area contributed by atoms with Crippen LogP contribution in [0.2, 0.25) is 10.0 Å². The average Bonchev–Trinajstić information content (AvgIpc) is 2.97. The summed E-state index contributed by atoms with van der Waals surface area (Å²) in [6.07, 6.45) is 5.58. The smallest absolute Gasteiger partial charge is 0.251 e. The van der Waals surface area contributed by atoms with E-state index in [-0.39, 0.29) is 48.5 Å². The van der Waals surface area contributed by atoms with Gasteiger partial charge in [0.2, 0.25) is 11.8 Å². The molecule has 1 aliphatic carbocycles. The van der Waals surface area contributed by atoms with Crippen LogP contribution in [0.15, 0.2) is 42.5 Å². The Morgan fingerprint density at radius 1 is 0.976 bits per heavy atom. The lowest BCUT2D eigenvalue weighted by molar-refractivity contribution is -0.139. The molecule has 0 unspecified atom stereocenters. The van der Waals surface area contributed by atoms with Gasteiger partial charge < -0.3 is 21.3 Å². The number of nitrogens with zero attached hydrogens (tertiary/aromatic N) is 2. The van der Waals surface area contributed by atoms with Gasteiger partial charge in [0.1, 0.15) is 11.9 Å². The molecule has 4 rings (SSSR count). The Kier molecular flexibility index (Phi) is 11.0. The van der Waals surface area contributed by atoms with E-state index in [0.29, 0.717) is 48.3 Å². The van der Waals surface area contributed by atoms with Gasteiger partial charge in [0.05, 0.1) is 0 Å². The SMILES string of the molecule is NCCC(=O)N[C@H](Cc1ccc(Cl)cc1Cl)C(=O)N1CCN(C2(CNC(=O)c3ccc(F)cc3)CCCCC2)CC1. The Morgan fingerprint density at radius 2 is 1.66 bits per heavy atom. The van der Waals surface area contributed by atoms with Gasteiger partial charge in [-0.2, -0.15) is 0 Å². The number of piperazine rings is 1. The van der Waals surface area contributed by atoms with Gasteiger partial charge in [-0.15, -0.1) is 0 Å². The molecule has 1 atom stereocenters. The van der Waals surface area contributed by atoms with Crippen molar-refractivity contribution in [2.45, 2.75) is 56.5 Å². The molecular weight excluding hydrogens is 568 g/mol. The molecule has 2 fully saturated rings. The quantitative estimate of drug-likeness (QED) is 0.382. The van der Waals surface area contributed by atoms with Crippen LogP contribution in [-0.4, -0.2) is 78.4 Å². The first-order valence-electron chi connectivity index (χ1n) is 14.2. The van der Waals surface area contributed by atoms with Crippen molar-refractivity contribution in [3.8, 4) is 0 Å². The highest BCUT2D eigenvalue weighted by Crippen LogP contribution is 2.34. The Morgan fingerprint density at radius 3 is 2.29 bits per heavy atom. The van der Waals surface area contributed by atoms with E-state index in [1.165, 1.54) is 24.3 Å². The van der Waals surface area contributed by atoms with Crippen LogP contribution in [-0.2, 0) is 16.0 Å². The lowest BCUT2D eigenvalue weighted by Gasteiger charge is -2.50. The highest BCUT2D eigenvalue weighted by Gasteiger charge is 2.41. The van der Waals surface area contributed by atoms with Crippen molar-refractivity contribution in [2.24, 2.45) is 5.73 Å². The topological polar surface area (TPSA) is 108 Å². The van der Waals surface area contributed by atoms with Gasteiger partial charge in [-0.1, -0.05) is 48.5 Å². The minimum atomic E-state index is -0.780. The summed E-state index contributed by atoms with van der Waals surface area (Å²) in [6, 6.07) is 9.87. The molecule has 1 aliphatic heterocycles. The van der Waals surface area contributed by atoms with Crippen LogP contribution >= 0.6 is 23.2 Å². The number of amides is 3. The third-order valence-corrected chi connectivity index (χ3v) is 8.76. The summed E-state index contributed by atoms with van der Waals surface area (Å²) in [4.78, 5) is 43.1. The molecule has 0 aromatic heterocycles. The fraction of sp³-hybridized carbons (Fsp3) is 0.500. The van der Waals surface area contributed by atoms with E-state index in [1.807, 2.05) is 0 Å². The van der Waals surface area contributed by atoms with E-state index in [1.54, 1.807) is 23.1 Å². The fourth-order valence-corrected chi connectivity index (χ4v) is 6.37. The molecule has 0 spiro atoms. The monoisotopic (exact) mass is 605 g/mol. The van der Waals surface area contributed by atoms with Crippen molar-refractivity contribution in [3.63, 3.8) is 0 Å². The molecule has 0 radical (unpaired) electrons. The Balaban J connectivity index is 1.42. The van der Waals surface area contributed by atoms with Crippen LogP contribution in [0.1, 0.15) is 54.4 Å². The summed E-state index contributed by atoms with van der Waals surface area (Å²) in [6.45, 7) is 3.00. The molecule has 3 amide bonds. The van der Waals surface area contributed by atoms with E-state index in [9.17, 15) is 18.8 Å². The summed E-state index contributed by atoms with van der Waals surface area (Å²) in [7, 11) is 0. The van der Waals surface area contributed by atoms with E-state index >= 15 is 0 Å². The Bertz CT molecular complexity index is 1220. The first-order valence-corrected chi connectivity index (χ1v) is 15.0. The highest BCUT2D eigenvalue weighted by molar-refractivity contribution is 6.35. The van der Waals surface area contributed by atoms with Crippen molar-refractivity contribution >= 4 is 40.9 Å². The number of nitrogens with two attached hydrogens (primary N) is 1. The minimum Gasteiger partial charge on any atom is -0.350 e. The van der Waals surface area contributed by atoms with Crippen LogP contribution in [0.25, 0.3) is 0 Å². The molecule has 0 bridgehead atoms. The van der Waals surface area contributed by atoms with Crippen molar-refractivity contribution in [2.75, 3.05) is 39.3 Å². The number of benzene rings is 2. The first-order chi connectivity index (χ1) is 19.7. The largest absolute Gasteiger partial charge is 0.350 e. The summed E-state index contributed by atoms with van der Waals surface area (Å²) < 4.78 is 13.3. The molecule has 1 heterocycles. The maximum absolute atomic E-state index is 13.7. The number of hydrogen-bond acceptors (Lipinski definition) is 5. The van der Waals surface area contributed by atoms with Gasteiger partial charge in [-0.05, 0) is 54.8 Å². The maximum atomic E-state index is 13.7. The van der Waals surface area contributed by atoms with Gasteiger partial charge >= 0.3 is 0 Å². The fourth-order valence-electron chi connectivity index (χ4n) is 5.89. The van der Waals surface area contributed by atoms with E-state index < -0.39 is 6.04 Å². The number of nitrogens with one attached hydrogen (secondary N) is 2. The molecule has 1 saturated heterocycles. The predicted octanol–water partition coefficient (Wildman–Crippen LogP) is 3.79. The second kappa shape index (κ2) is 14.4. The highest BCUT2D eigenvalue weighted by atomic mass is 35.5. The molecular formula is C30H38Cl2FN5O3. The van der Waals surface area contributed by atoms with Gasteiger partial charge in [0, 0.05) is 73.3 Å². The molecule has 11 heteroatoms. The molecule has 1 saturated carbocycles. The standard InChI is InChI=1S/C30H38Cl2FN5O3/c31-23-7-4-22(25(32)19-23)18-26(36-27(39)10-13-34)29(41)37-14-16-38(17-15-37)30(11-2-1-3-12-30)20-35-28(40)21-5-8-24(33)9-6-21/h4-9,19,26H,1-3,10-18,20,34H2,(H,35,40)(H,36,39)/t26-/m1/s1. The Labute approximate surface area is 250 Å². The number of hydrogen-bond donors (Lipinski definition) is 3. The molecule has 2 aliphatic rings. The van der Waals surface area contributed by atoms with Crippen LogP contribution in [0, 0.1) is 5.82 Å². The van der Waals surface area contributed by atoms with Gasteiger partial charge in [-0.3, -0.25) is 19.3 Å². The second-order valence-corrected chi connectivity index (χ2v) is 11.7. The minimum absolute atomic E-state index is 0.123. The summed E-state index contributed by atoms with van der Waals surface area (Å²) >= 11 is 12.4. The predicted molar refractivity (Wildman–Crippen MR) is 158 cm³/mol. The van der Waals surface area contributed by atoms with Crippen molar-refractivity contribution in [1.82, 2.24) is 20.4 Å².